The van der Waals surface area contributed by atoms with E-state index in [0.717, 1.165) is 11.1 Å². The van der Waals surface area contributed by atoms with E-state index in [2.05, 4.69) is 5.32 Å². The van der Waals surface area contributed by atoms with Gasteiger partial charge in [0.1, 0.15) is 6.42 Å². The van der Waals surface area contributed by atoms with Gasteiger partial charge in [-0.05, 0) is 31.9 Å². The van der Waals surface area contributed by atoms with Crippen molar-refractivity contribution < 1.29 is 4.79 Å². The van der Waals surface area contributed by atoms with Gasteiger partial charge in [0, 0.05) is 0 Å². The first-order chi connectivity index (χ1) is 7.47. The molecule has 0 fully saturated rings. The highest BCUT2D eigenvalue weighted by Gasteiger charge is 2.23. The van der Waals surface area contributed by atoms with E-state index >= 15 is 0 Å². The third kappa shape index (κ3) is 2.83. The number of carbonyl (C=O) groups excluding carboxylic acids is 1. The van der Waals surface area contributed by atoms with Crippen LogP contribution in [0.25, 0.3) is 0 Å². The molecule has 0 saturated heterocycles. The van der Waals surface area contributed by atoms with Gasteiger partial charge in [0.05, 0.1) is 11.6 Å². The quantitative estimate of drug-likeness (QED) is 0.842. The molecule has 3 heteroatoms. The second kappa shape index (κ2) is 4.80. The van der Waals surface area contributed by atoms with Crippen LogP contribution < -0.4 is 5.32 Å². The molecule has 1 rings (SSSR count). The van der Waals surface area contributed by atoms with Crippen LogP contribution in [0.4, 0.5) is 0 Å². The molecule has 0 spiro atoms. The summed E-state index contributed by atoms with van der Waals surface area (Å²) in [6, 6.07) is 9.75. The highest BCUT2D eigenvalue weighted by Crippen LogP contribution is 2.23. The normalized spacial score (nSPS) is 10.6. The third-order valence-electron chi connectivity index (χ3n) is 2.51. The molecule has 0 bridgehead atoms. The highest BCUT2D eigenvalue weighted by atomic mass is 16.1. The molecule has 3 nitrogen and oxygen atoms in total. The number of rotatable bonds is 3. The number of nitrogens with one attached hydrogen (secondary N) is 1. The minimum Gasteiger partial charge on any atom is -0.346 e. The largest absolute Gasteiger partial charge is 0.346 e. The van der Waals surface area contributed by atoms with Gasteiger partial charge >= 0.3 is 0 Å². The molecular weight excluding hydrogens is 200 g/mol. The van der Waals surface area contributed by atoms with E-state index in [1.54, 1.807) is 0 Å². The van der Waals surface area contributed by atoms with E-state index in [1.807, 2.05) is 51.1 Å². The topological polar surface area (TPSA) is 52.9 Å². The average molecular weight is 216 g/mol. The van der Waals surface area contributed by atoms with Crippen molar-refractivity contribution in [1.29, 1.82) is 5.26 Å². The minimum absolute atomic E-state index is 0.102. The van der Waals surface area contributed by atoms with Crippen molar-refractivity contribution in [3.8, 4) is 6.07 Å². The molecule has 0 aliphatic rings. The molecule has 1 aromatic rings. The van der Waals surface area contributed by atoms with E-state index in [4.69, 9.17) is 5.26 Å². The summed E-state index contributed by atoms with van der Waals surface area (Å²) in [5.74, 6) is -0.240. The van der Waals surface area contributed by atoms with Crippen LogP contribution in [0, 0.1) is 18.3 Å². The van der Waals surface area contributed by atoms with Gasteiger partial charge in [-0.2, -0.15) is 5.26 Å². The summed E-state index contributed by atoms with van der Waals surface area (Å²) >= 11 is 0. The molecular formula is C13H16N2O. The average Bonchev–Trinajstić information content (AvgIpc) is 2.17. The highest BCUT2D eigenvalue weighted by molar-refractivity contribution is 5.79. The maximum Gasteiger partial charge on any atom is 0.234 e. The number of amides is 1. The lowest BCUT2D eigenvalue weighted by molar-refractivity contribution is -0.121. The van der Waals surface area contributed by atoms with Gasteiger partial charge in [-0.15, -0.1) is 0 Å². The molecule has 0 saturated carbocycles. The molecule has 16 heavy (non-hydrogen) atoms. The maximum absolute atomic E-state index is 11.4. The molecule has 0 aliphatic carbocycles. The number of nitriles is 1. The van der Waals surface area contributed by atoms with Crippen molar-refractivity contribution in [3.63, 3.8) is 0 Å². The van der Waals surface area contributed by atoms with Gasteiger partial charge in [0.2, 0.25) is 5.91 Å². The minimum atomic E-state index is -0.445. The van der Waals surface area contributed by atoms with E-state index in [1.165, 1.54) is 0 Å². The number of benzene rings is 1. The number of carbonyl (C=O) groups is 1. The molecule has 84 valence electrons. The standard InChI is InChI=1S/C13H16N2O/c1-10-6-4-5-7-11(10)13(2,3)15-12(16)8-9-14/h4-7H,8H2,1-3H3,(H,15,16). The van der Waals surface area contributed by atoms with Crippen molar-refractivity contribution >= 4 is 5.91 Å². The summed E-state index contributed by atoms with van der Waals surface area (Å²) in [5, 5.41) is 11.3. The van der Waals surface area contributed by atoms with E-state index < -0.39 is 5.54 Å². The summed E-state index contributed by atoms with van der Waals surface area (Å²) in [5.41, 5.74) is 1.75. The van der Waals surface area contributed by atoms with Crippen LogP contribution in [0.15, 0.2) is 24.3 Å². The number of nitrogens with zero attached hydrogens (tertiary/aromatic N) is 1. The predicted octanol–water partition coefficient (Wildman–Crippen LogP) is 2.26. The molecule has 1 amide bonds. The Morgan fingerprint density at radius 2 is 2.06 bits per heavy atom. The number of hydrogen-bond donors (Lipinski definition) is 1. The Balaban J connectivity index is 2.90. The van der Waals surface area contributed by atoms with Crippen molar-refractivity contribution in [2.24, 2.45) is 0 Å². The summed E-state index contributed by atoms with van der Waals surface area (Å²) < 4.78 is 0. The molecule has 1 N–H and O–H groups in total. The smallest absolute Gasteiger partial charge is 0.234 e. The lowest BCUT2D eigenvalue weighted by atomic mass is 9.90. The van der Waals surface area contributed by atoms with Crippen molar-refractivity contribution in [2.45, 2.75) is 32.7 Å². The van der Waals surface area contributed by atoms with Gasteiger partial charge in [0.15, 0.2) is 0 Å². The lowest BCUT2D eigenvalue weighted by Crippen LogP contribution is -2.41. The van der Waals surface area contributed by atoms with Crippen LogP contribution in [0.5, 0.6) is 0 Å². The van der Waals surface area contributed by atoms with Crippen molar-refractivity contribution in [2.75, 3.05) is 0 Å². The molecule has 0 aromatic heterocycles. The Labute approximate surface area is 96.1 Å². The molecule has 0 heterocycles. The zero-order valence-corrected chi connectivity index (χ0v) is 9.87. The first-order valence-electron chi connectivity index (χ1n) is 5.21. The fraction of sp³-hybridized carbons (Fsp3) is 0.385. The summed E-state index contributed by atoms with van der Waals surface area (Å²) in [4.78, 5) is 11.4. The molecule has 0 atom stereocenters. The zero-order valence-electron chi connectivity index (χ0n) is 9.87. The lowest BCUT2D eigenvalue weighted by Gasteiger charge is -2.28. The Hall–Kier alpha value is -1.82. The van der Waals surface area contributed by atoms with E-state index in [0.29, 0.717) is 0 Å². The Morgan fingerprint density at radius 3 is 2.62 bits per heavy atom. The maximum atomic E-state index is 11.4. The first kappa shape index (κ1) is 12.3. The Kier molecular flexibility index (Phi) is 3.68. The number of hydrogen-bond acceptors (Lipinski definition) is 2. The second-order valence-corrected chi connectivity index (χ2v) is 4.32. The van der Waals surface area contributed by atoms with Crippen molar-refractivity contribution in [1.82, 2.24) is 5.32 Å². The third-order valence-corrected chi connectivity index (χ3v) is 2.51. The van der Waals surface area contributed by atoms with Crippen LogP contribution >= 0.6 is 0 Å². The molecule has 1 aromatic carbocycles. The predicted molar refractivity (Wildman–Crippen MR) is 62.6 cm³/mol. The summed E-state index contributed by atoms with van der Waals surface area (Å²) in [6.45, 7) is 5.88. The summed E-state index contributed by atoms with van der Waals surface area (Å²) in [6.07, 6.45) is -0.102. The molecule has 0 radical (unpaired) electrons. The molecule has 0 unspecified atom stereocenters. The first-order valence-corrected chi connectivity index (χ1v) is 5.21. The Morgan fingerprint density at radius 1 is 1.44 bits per heavy atom. The van der Waals surface area contributed by atoms with Crippen LogP contribution in [-0.2, 0) is 10.3 Å². The fourth-order valence-electron chi connectivity index (χ4n) is 1.81. The SMILES string of the molecule is Cc1ccccc1C(C)(C)NC(=O)CC#N. The van der Waals surface area contributed by atoms with Crippen LogP contribution in [0.2, 0.25) is 0 Å². The molecule has 0 aliphatic heterocycles. The van der Waals surface area contributed by atoms with Gasteiger partial charge in [-0.3, -0.25) is 4.79 Å². The van der Waals surface area contributed by atoms with Crippen molar-refractivity contribution in [3.05, 3.63) is 35.4 Å². The van der Waals surface area contributed by atoms with Gasteiger partial charge < -0.3 is 5.32 Å². The number of aryl methyl sites for hydroxylation is 1. The fourth-order valence-corrected chi connectivity index (χ4v) is 1.81. The van der Waals surface area contributed by atoms with Gasteiger partial charge in [-0.1, -0.05) is 24.3 Å². The van der Waals surface area contributed by atoms with E-state index in [9.17, 15) is 4.79 Å². The van der Waals surface area contributed by atoms with Crippen LogP contribution in [0.3, 0.4) is 0 Å². The van der Waals surface area contributed by atoms with Crippen LogP contribution in [-0.4, -0.2) is 5.91 Å². The van der Waals surface area contributed by atoms with Gasteiger partial charge in [-0.25, -0.2) is 0 Å². The van der Waals surface area contributed by atoms with Crippen LogP contribution in [0.1, 0.15) is 31.4 Å². The van der Waals surface area contributed by atoms with E-state index in [-0.39, 0.29) is 12.3 Å². The monoisotopic (exact) mass is 216 g/mol. The zero-order chi connectivity index (χ0) is 12.2. The van der Waals surface area contributed by atoms with Gasteiger partial charge in [0.25, 0.3) is 0 Å². The second-order valence-electron chi connectivity index (χ2n) is 4.32. The Bertz CT molecular complexity index is 430. The summed E-state index contributed by atoms with van der Waals surface area (Å²) in [7, 11) is 0.